The van der Waals surface area contributed by atoms with E-state index in [2.05, 4.69) is 28.9 Å². The van der Waals surface area contributed by atoms with Gasteiger partial charge in [0.05, 0.1) is 6.61 Å². The minimum atomic E-state index is -0.0117. The molecule has 1 heterocycles. The largest absolute Gasteiger partial charge is 0.466 e. The highest BCUT2D eigenvalue weighted by atomic mass is 16.5. The molecule has 6 nitrogen and oxygen atoms in total. The lowest BCUT2D eigenvalue weighted by molar-refractivity contribution is -0.143. The average Bonchev–Trinajstić information content (AvgIpc) is 3.30. The quantitative estimate of drug-likeness (QED) is 0.0929. The van der Waals surface area contributed by atoms with Gasteiger partial charge < -0.3 is 14.2 Å². The minimum Gasteiger partial charge on any atom is -0.466 e. The number of hydrogen-bond acceptors (Lipinski definition) is 6. The van der Waals surface area contributed by atoms with E-state index in [4.69, 9.17) is 9.26 Å². The van der Waals surface area contributed by atoms with Gasteiger partial charge in [0.25, 0.3) is 0 Å². The highest BCUT2D eigenvalue weighted by Crippen LogP contribution is 2.11. The van der Waals surface area contributed by atoms with Gasteiger partial charge in [0.1, 0.15) is 0 Å². The summed E-state index contributed by atoms with van der Waals surface area (Å²) < 4.78 is 10.7. The predicted octanol–water partition coefficient (Wildman–Crippen LogP) is 8.22. The Balaban J connectivity index is 2.07. The number of esters is 1. The molecule has 0 bridgehead atoms. The number of carbonyl (C=O) groups excluding carboxylic acids is 1. The molecule has 210 valence electrons. The zero-order valence-electron chi connectivity index (χ0n) is 24.0. The van der Waals surface area contributed by atoms with Gasteiger partial charge in [0.2, 0.25) is 5.89 Å². The summed E-state index contributed by atoms with van der Waals surface area (Å²) in [4.78, 5) is 18.8. The molecule has 1 aromatic rings. The number of aryl methyl sites for hydroxylation is 1. The normalized spacial score (nSPS) is 11.4. The highest BCUT2D eigenvalue weighted by molar-refractivity contribution is 5.69. The summed E-state index contributed by atoms with van der Waals surface area (Å²) >= 11 is 0. The van der Waals surface area contributed by atoms with Gasteiger partial charge in [-0.05, 0) is 45.7 Å². The lowest BCUT2D eigenvalue weighted by Crippen LogP contribution is -2.28. The third-order valence-corrected chi connectivity index (χ3v) is 6.91. The van der Waals surface area contributed by atoms with Crippen LogP contribution >= 0.6 is 0 Å². The lowest BCUT2D eigenvalue weighted by Gasteiger charge is -2.21. The van der Waals surface area contributed by atoms with E-state index in [-0.39, 0.29) is 5.97 Å². The molecule has 0 N–H and O–H groups in total. The molecule has 1 rings (SSSR count). The van der Waals surface area contributed by atoms with E-state index in [9.17, 15) is 4.79 Å². The van der Waals surface area contributed by atoms with Crippen molar-refractivity contribution in [2.24, 2.45) is 0 Å². The van der Waals surface area contributed by atoms with Crippen molar-refractivity contribution in [2.45, 2.75) is 149 Å². The van der Waals surface area contributed by atoms with Crippen molar-refractivity contribution in [3.8, 4) is 0 Å². The molecule has 0 unspecified atom stereocenters. The van der Waals surface area contributed by atoms with E-state index >= 15 is 0 Å². The fourth-order valence-corrected chi connectivity index (χ4v) is 4.60. The molecule has 0 spiro atoms. The Hall–Kier alpha value is -1.43. The van der Waals surface area contributed by atoms with Crippen LogP contribution in [-0.2, 0) is 16.0 Å². The lowest BCUT2D eigenvalue weighted by atomic mass is 10.1. The first-order chi connectivity index (χ1) is 17.7. The molecule has 0 aliphatic carbocycles. The molecule has 0 radical (unpaired) electrons. The van der Waals surface area contributed by atoms with Crippen LogP contribution < -0.4 is 0 Å². The number of ether oxygens (including phenoxy) is 1. The SMILES string of the molecule is CCCCCCCCCOC(=O)CCCCCCCN(CCCCCCCC)CCc1nc(C)no1. The molecule has 0 saturated heterocycles. The van der Waals surface area contributed by atoms with Crippen molar-refractivity contribution in [1.82, 2.24) is 15.0 Å². The Labute approximate surface area is 222 Å². The topological polar surface area (TPSA) is 68.5 Å². The molecule has 0 atom stereocenters. The average molecular weight is 508 g/mol. The van der Waals surface area contributed by atoms with Gasteiger partial charge in [0.15, 0.2) is 5.82 Å². The fraction of sp³-hybridized carbons (Fsp3) is 0.900. The molecule has 0 saturated carbocycles. The second-order valence-electron chi connectivity index (χ2n) is 10.5. The first kappa shape index (κ1) is 32.6. The second-order valence-corrected chi connectivity index (χ2v) is 10.5. The molecule has 6 heteroatoms. The number of unbranched alkanes of at least 4 members (excludes halogenated alkanes) is 15. The molecule has 0 aromatic carbocycles. The van der Waals surface area contributed by atoms with Gasteiger partial charge in [0, 0.05) is 19.4 Å². The van der Waals surface area contributed by atoms with Crippen LogP contribution in [0.2, 0.25) is 0 Å². The Kier molecular flexibility index (Phi) is 21.7. The van der Waals surface area contributed by atoms with E-state index in [1.54, 1.807) is 0 Å². The Morgan fingerprint density at radius 1 is 0.722 bits per heavy atom. The highest BCUT2D eigenvalue weighted by Gasteiger charge is 2.09. The van der Waals surface area contributed by atoms with Gasteiger partial charge in [-0.1, -0.05) is 109 Å². The molecular formula is C30H57N3O3. The van der Waals surface area contributed by atoms with Crippen molar-refractivity contribution >= 4 is 5.97 Å². The number of rotatable bonds is 26. The monoisotopic (exact) mass is 507 g/mol. The minimum absolute atomic E-state index is 0.0117. The van der Waals surface area contributed by atoms with Crippen LogP contribution in [0.3, 0.4) is 0 Å². The van der Waals surface area contributed by atoms with Crippen molar-refractivity contribution in [2.75, 3.05) is 26.2 Å². The van der Waals surface area contributed by atoms with Crippen LogP contribution in [0, 0.1) is 6.92 Å². The summed E-state index contributed by atoms with van der Waals surface area (Å²) in [6, 6.07) is 0. The Morgan fingerprint density at radius 2 is 1.25 bits per heavy atom. The number of nitrogens with zero attached hydrogens (tertiary/aromatic N) is 3. The zero-order chi connectivity index (χ0) is 26.1. The maximum atomic E-state index is 11.9. The summed E-state index contributed by atoms with van der Waals surface area (Å²) in [5.74, 6) is 1.45. The summed E-state index contributed by atoms with van der Waals surface area (Å²) in [5, 5.41) is 3.91. The zero-order valence-corrected chi connectivity index (χ0v) is 24.0. The molecule has 36 heavy (non-hydrogen) atoms. The summed E-state index contributed by atoms with van der Waals surface area (Å²) in [6.07, 6.45) is 23.8. The molecule has 0 fully saturated rings. The fourth-order valence-electron chi connectivity index (χ4n) is 4.60. The van der Waals surface area contributed by atoms with E-state index in [0.717, 1.165) is 51.2 Å². The standard InChI is InChI=1S/C30H57N3O3/c1-4-6-8-10-12-17-21-27-35-30(34)22-18-14-13-16-20-25-33(24-19-15-11-9-7-5-2)26-23-29-31-28(3)32-36-29/h4-27H2,1-3H3. The smallest absolute Gasteiger partial charge is 0.305 e. The summed E-state index contributed by atoms with van der Waals surface area (Å²) in [7, 11) is 0. The van der Waals surface area contributed by atoms with Crippen LogP contribution in [0.1, 0.15) is 148 Å². The van der Waals surface area contributed by atoms with Crippen LogP contribution in [0.4, 0.5) is 0 Å². The van der Waals surface area contributed by atoms with E-state index < -0.39 is 0 Å². The maximum Gasteiger partial charge on any atom is 0.305 e. The van der Waals surface area contributed by atoms with Crippen LogP contribution in [0.5, 0.6) is 0 Å². The van der Waals surface area contributed by atoms with Crippen molar-refractivity contribution in [1.29, 1.82) is 0 Å². The second kappa shape index (κ2) is 23.9. The van der Waals surface area contributed by atoms with Gasteiger partial charge in [-0.25, -0.2) is 0 Å². The summed E-state index contributed by atoms with van der Waals surface area (Å²) in [5.41, 5.74) is 0. The molecular weight excluding hydrogens is 450 g/mol. The number of carbonyl (C=O) groups is 1. The molecule has 1 aromatic heterocycles. The number of aromatic nitrogens is 2. The summed E-state index contributed by atoms with van der Waals surface area (Å²) in [6.45, 7) is 10.3. The Morgan fingerprint density at radius 3 is 1.81 bits per heavy atom. The molecule has 0 aliphatic rings. The van der Waals surface area contributed by atoms with Crippen LogP contribution in [0.25, 0.3) is 0 Å². The van der Waals surface area contributed by atoms with E-state index in [1.807, 2.05) is 6.92 Å². The van der Waals surface area contributed by atoms with Crippen molar-refractivity contribution in [3.05, 3.63) is 11.7 Å². The molecule has 0 aliphatic heterocycles. The van der Waals surface area contributed by atoms with Crippen LogP contribution in [0.15, 0.2) is 4.52 Å². The van der Waals surface area contributed by atoms with Crippen molar-refractivity contribution in [3.63, 3.8) is 0 Å². The molecule has 0 amide bonds. The van der Waals surface area contributed by atoms with Gasteiger partial charge in [-0.3, -0.25) is 4.79 Å². The first-order valence-corrected chi connectivity index (χ1v) is 15.3. The first-order valence-electron chi connectivity index (χ1n) is 15.3. The van der Waals surface area contributed by atoms with E-state index in [0.29, 0.717) is 18.9 Å². The third kappa shape index (κ3) is 19.7. The number of hydrogen-bond donors (Lipinski definition) is 0. The van der Waals surface area contributed by atoms with E-state index in [1.165, 1.54) is 96.3 Å². The van der Waals surface area contributed by atoms with Gasteiger partial charge >= 0.3 is 5.97 Å². The van der Waals surface area contributed by atoms with Crippen molar-refractivity contribution < 1.29 is 14.1 Å². The van der Waals surface area contributed by atoms with Gasteiger partial charge in [-0.2, -0.15) is 4.98 Å². The van der Waals surface area contributed by atoms with Crippen LogP contribution in [-0.4, -0.2) is 47.3 Å². The Bertz CT molecular complexity index is 620. The van der Waals surface area contributed by atoms with Gasteiger partial charge in [-0.15, -0.1) is 0 Å². The predicted molar refractivity (Wildman–Crippen MR) is 149 cm³/mol. The maximum absolute atomic E-state index is 11.9. The third-order valence-electron chi connectivity index (χ3n) is 6.91.